The van der Waals surface area contributed by atoms with Crippen molar-refractivity contribution in [2.24, 2.45) is 5.92 Å². The third-order valence-corrected chi connectivity index (χ3v) is 4.39. The topological polar surface area (TPSA) is 40.5 Å². The van der Waals surface area contributed by atoms with Gasteiger partial charge in [0.15, 0.2) is 0 Å². The molecular weight excluding hydrogens is 214 g/mol. The molecule has 0 heterocycles. The lowest BCUT2D eigenvalue weighted by molar-refractivity contribution is -0.155. The van der Waals surface area contributed by atoms with Crippen LogP contribution in [0.1, 0.15) is 59.3 Å². The van der Waals surface area contributed by atoms with Crippen molar-refractivity contribution in [3.8, 4) is 0 Å². The molecule has 0 aromatic heterocycles. The molecule has 0 aromatic rings. The Bertz CT molecular complexity index is 245. The fraction of sp³-hybridized carbons (Fsp3) is 0.929. The van der Waals surface area contributed by atoms with Crippen LogP contribution in [0.2, 0.25) is 0 Å². The van der Waals surface area contributed by atoms with Crippen molar-refractivity contribution in [2.45, 2.75) is 64.8 Å². The van der Waals surface area contributed by atoms with Crippen LogP contribution in [-0.2, 0) is 4.79 Å². The molecule has 17 heavy (non-hydrogen) atoms. The second-order valence-electron chi connectivity index (χ2n) is 5.27. The van der Waals surface area contributed by atoms with Crippen molar-refractivity contribution in [3.63, 3.8) is 0 Å². The normalized spacial score (nSPS) is 29.5. The first kappa shape index (κ1) is 14.5. The first-order valence-electron chi connectivity index (χ1n) is 7.09. The van der Waals surface area contributed by atoms with E-state index in [1.165, 1.54) is 6.42 Å². The highest BCUT2D eigenvalue weighted by Gasteiger charge is 2.45. The molecule has 0 atom stereocenters. The van der Waals surface area contributed by atoms with E-state index in [-0.39, 0.29) is 0 Å². The molecule has 1 N–H and O–H groups in total. The Balaban J connectivity index is 2.80. The van der Waals surface area contributed by atoms with E-state index < -0.39 is 11.5 Å². The Morgan fingerprint density at radius 1 is 1.29 bits per heavy atom. The monoisotopic (exact) mass is 241 g/mol. The van der Waals surface area contributed by atoms with Gasteiger partial charge in [0, 0.05) is 0 Å². The average molecular weight is 241 g/mol. The first-order chi connectivity index (χ1) is 8.10. The van der Waals surface area contributed by atoms with Gasteiger partial charge in [0.2, 0.25) is 0 Å². The zero-order valence-corrected chi connectivity index (χ0v) is 11.5. The third-order valence-electron chi connectivity index (χ3n) is 4.39. The lowest BCUT2D eigenvalue weighted by Crippen LogP contribution is -2.56. The Morgan fingerprint density at radius 2 is 1.88 bits per heavy atom. The zero-order chi connectivity index (χ0) is 12.9. The smallest absolute Gasteiger partial charge is 0.324 e. The van der Waals surface area contributed by atoms with E-state index in [9.17, 15) is 9.90 Å². The van der Waals surface area contributed by atoms with Gasteiger partial charge in [-0.05, 0) is 51.1 Å². The van der Waals surface area contributed by atoms with E-state index in [1.807, 2.05) is 0 Å². The number of nitrogens with zero attached hydrogens (tertiary/aromatic N) is 1. The van der Waals surface area contributed by atoms with Crippen LogP contribution in [-0.4, -0.2) is 34.6 Å². The van der Waals surface area contributed by atoms with E-state index in [2.05, 4.69) is 25.7 Å². The van der Waals surface area contributed by atoms with E-state index in [0.29, 0.717) is 0 Å². The summed E-state index contributed by atoms with van der Waals surface area (Å²) in [5.74, 6) is 0.130. The van der Waals surface area contributed by atoms with Crippen LogP contribution >= 0.6 is 0 Å². The molecule has 0 aromatic carbocycles. The highest BCUT2D eigenvalue weighted by Crippen LogP contribution is 2.38. The van der Waals surface area contributed by atoms with Gasteiger partial charge in [0.05, 0.1) is 0 Å². The minimum absolute atomic E-state index is 0.573. The molecule has 0 saturated heterocycles. The molecule has 1 rings (SSSR count). The minimum atomic E-state index is -0.609. The second kappa shape index (κ2) is 6.39. The van der Waals surface area contributed by atoms with Crippen LogP contribution in [0.4, 0.5) is 0 Å². The maximum Gasteiger partial charge on any atom is 0.324 e. The van der Waals surface area contributed by atoms with Crippen molar-refractivity contribution in [1.82, 2.24) is 4.90 Å². The number of carboxylic acid groups (broad SMARTS) is 1. The van der Waals surface area contributed by atoms with Crippen LogP contribution in [0.15, 0.2) is 0 Å². The van der Waals surface area contributed by atoms with Gasteiger partial charge in [-0.25, -0.2) is 0 Å². The molecule has 0 bridgehead atoms. The molecule has 3 heteroatoms. The van der Waals surface area contributed by atoms with Crippen LogP contribution in [0, 0.1) is 5.92 Å². The molecule has 0 unspecified atom stereocenters. The van der Waals surface area contributed by atoms with Gasteiger partial charge >= 0.3 is 5.97 Å². The Labute approximate surface area is 105 Å². The molecule has 0 spiro atoms. The second-order valence-corrected chi connectivity index (χ2v) is 5.27. The number of rotatable bonds is 6. The van der Waals surface area contributed by atoms with E-state index in [0.717, 1.165) is 51.1 Å². The van der Waals surface area contributed by atoms with E-state index >= 15 is 0 Å². The summed E-state index contributed by atoms with van der Waals surface area (Å²) in [5, 5.41) is 9.63. The number of aliphatic carboxylic acids is 1. The van der Waals surface area contributed by atoms with E-state index in [4.69, 9.17) is 0 Å². The molecule has 1 fully saturated rings. The fourth-order valence-corrected chi connectivity index (χ4v) is 3.17. The van der Waals surface area contributed by atoms with Crippen LogP contribution < -0.4 is 0 Å². The first-order valence-corrected chi connectivity index (χ1v) is 7.09. The molecule has 0 aliphatic heterocycles. The van der Waals surface area contributed by atoms with Crippen molar-refractivity contribution >= 4 is 5.97 Å². The van der Waals surface area contributed by atoms with Crippen molar-refractivity contribution in [3.05, 3.63) is 0 Å². The lowest BCUT2D eigenvalue weighted by Gasteiger charge is -2.44. The number of carboxylic acids is 1. The Morgan fingerprint density at radius 3 is 2.24 bits per heavy atom. The van der Waals surface area contributed by atoms with Crippen molar-refractivity contribution < 1.29 is 9.90 Å². The van der Waals surface area contributed by atoms with Gasteiger partial charge in [0.1, 0.15) is 5.54 Å². The van der Waals surface area contributed by atoms with E-state index in [1.54, 1.807) is 0 Å². The van der Waals surface area contributed by atoms with Gasteiger partial charge in [0.25, 0.3) is 0 Å². The predicted molar refractivity (Wildman–Crippen MR) is 70.2 cm³/mol. The standard InChI is InChI=1S/C14H27NO2/c1-4-11-15(6-3)14(13(16)17)9-7-12(5-2)8-10-14/h12H,4-11H2,1-3H3,(H,16,17). The number of hydrogen-bond acceptors (Lipinski definition) is 2. The molecule has 0 radical (unpaired) electrons. The molecular formula is C14H27NO2. The summed E-state index contributed by atoms with van der Waals surface area (Å²) >= 11 is 0. The minimum Gasteiger partial charge on any atom is -0.480 e. The van der Waals surface area contributed by atoms with Crippen LogP contribution in [0.3, 0.4) is 0 Å². The highest BCUT2D eigenvalue weighted by molar-refractivity contribution is 5.79. The number of carbonyl (C=O) groups is 1. The van der Waals surface area contributed by atoms with Gasteiger partial charge in [-0.3, -0.25) is 9.69 Å². The average Bonchev–Trinajstić information content (AvgIpc) is 2.35. The van der Waals surface area contributed by atoms with Gasteiger partial charge in [-0.15, -0.1) is 0 Å². The largest absolute Gasteiger partial charge is 0.480 e. The molecule has 1 aliphatic rings. The van der Waals surface area contributed by atoms with Gasteiger partial charge in [-0.2, -0.15) is 0 Å². The molecule has 3 nitrogen and oxygen atoms in total. The quantitative estimate of drug-likeness (QED) is 0.776. The molecule has 100 valence electrons. The summed E-state index contributed by atoms with van der Waals surface area (Å²) in [6.07, 6.45) is 6.02. The highest BCUT2D eigenvalue weighted by atomic mass is 16.4. The van der Waals surface area contributed by atoms with Crippen molar-refractivity contribution in [1.29, 1.82) is 0 Å². The van der Waals surface area contributed by atoms with Crippen LogP contribution in [0.5, 0.6) is 0 Å². The van der Waals surface area contributed by atoms with Crippen molar-refractivity contribution in [2.75, 3.05) is 13.1 Å². The van der Waals surface area contributed by atoms with Gasteiger partial charge in [-0.1, -0.05) is 27.2 Å². The van der Waals surface area contributed by atoms with Gasteiger partial charge < -0.3 is 5.11 Å². The molecule has 1 aliphatic carbocycles. The zero-order valence-electron chi connectivity index (χ0n) is 11.5. The maximum absolute atomic E-state index is 11.7. The van der Waals surface area contributed by atoms with Crippen LogP contribution in [0.25, 0.3) is 0 Å². The molecule has 1 saturated carbocycles. The lowest BCUT2D eigenvalue weighted by atomic mass is 9.74. The Hall–Kier alpha value is -0.570. The summed E-state index contributed by atoms with van der Waals surface area (Å²) in [6, 6.07) is 0. The summed E-state index contributed by atoms with van der Waals surface area (Å²) in [5.41, 5.74) is -0.573. The number of hydrogen-bond donors (Lipinski definition) is 1. The summed E-state index contributed by atoms with van der Waals surface area (Å²) in [6.45, 7) is 8.15. The third kappa shape index (κ3) is 3.01. The maximum atomic E-state index is 11.7. The molecule has 0 amide bonds. The fourth-order valence-electron chi connectivity index (χ4n) is 3.17. The summed E-state index contributed by atoms with van der Waals surface area (Å²) in [4.78, 5) is 13.9. The summed E-state index contributed by atoms with van der Waals surface area (Å²) < 4.78 is 0. The predicted octanol–water partition coefficient (Wildman–Crippen LogP) is 3.14. The SMILES string of the molecule is CCCN(CC)C1(C(=O)O)CCC(CC)CC1. The summed E-state index contributed by atoms with van der Waals surface area (Å²) in [7, 11) is 0. The Kier molecular flexibility index (Phi) is 5.44. The number of likely N-dealkylation sites (N-methyl/N-ethyl adjacent to an activating group) is 1.